The monoisotopic (exact) mass is 388 g/mol. The van der Waals surface area contributed by atoms with Crippen molar-refractivity contribution in [1.82, 2.24) is 13.9 Å². The maximum Gasteiger partial charge on any atom is 0.329 e. The van der Waals surface area contributed by atoms with Crippen molar-refractivity contribution in [1.29, 1.82) is 0 Å². The summed E-state index contributed by atoms with van der Waals surface area (Å²) in [6.07, 6.45) is 0. The molecule has 9 heteroatoms. The summed E-state index contributed by atoms with van der Waals surface area (Å²) >= 11 is 0. The number of para-hydroxylation sites is 2. The lowest BCUT2D eigenvalue weighted by Gasteiger charge is -2.11. The zero-order chi connectivity index (χ0) is 19.8. The van der Waals surface area contributed by atoms with Crippen LogP contribution in [0.25, 0.3) is 11.0 Å². The Balaban J connectivity index is 1.89. The third kappa shape index (κ3) is 3.51. The molecular formula is C18H20N4O4S. The molecule has 1 heterocycles. The Morgan fingerprint density at radius 2 is 1.78 bits per heavy atom. The first kappa shape index (κ1) is 18.9. The molecule has 0 unspecified atom stereocenters. The molecule has 0 aliphatic carbocycles. The zero-order valence-electron chi connectivity index (χ0n) is 15.2. The molecule has 0 spiro atoms. The molecule has 0 saturated heterocycles. The van der Waals surface area contributed by atoms with E-state index in [1.807, 2.05) is 6.07 Å². The fourth-order valence-electron chi connectivity index (χ4n) is 2.94. The second-order valence-corrected chi connectivity index (χ2v) is 8.01. The minimum atomic E-state index is -3.64. The molecule has 0 bridgehead atoms. The first-order valence-corrected chi connectivity index (χ1v) is 9.71. The van der Waals surface area contributed by atoms with Gasteiger partial charge < -0.3 is 5.32 Å². The molecule has 142 valence electrons. The lowest BCUT2D eigenvalue weighted by Crippen LogP contribution is -2.28. The van der Waals surface area contributed by atoms with E-state index < -0.39 is 15.9 Å². The quantitative estimate of drug-likeness (QED) is 0.685. The van der Waals surface area contributed by atoms with Crippen LogP contribution in [0.5, 0.6) is 0 Å². The highest BCUT2D eigenvalue weighted by molar-refractivity contribution is 7.89. The Morgan fingerprint density at radius 1 is 1.11 bits per heavy atom. The number of imidazole rings is 1. The molecule has 0 radical (unpaired) electrons. The summed E-state index contributed by atoms with van der Waals surface area (Å²) in [5.41, 5.74) is 1.99. The maximum absolute atomic E-state index is 12.5. The highest BCUT2D eigenvalue weighted by Gasteiger charge is 2.17. The SMILES string of the molecule is CNS(=O)(=O)c1cc(NC(=O)Cn2c(=O)n(C)c3ccccc32)ccc1C. The van der Waals surface area contributed by atoms with Crippen molar-refractivity contribution in [2.24, 2.45) is 7.05 Å². The Morgan fingerprint density at radius 3 is 2.44 bits per heavy atom. The molecule has 8 nitrogen and oxygen atoms in total. The molecule has 3 rings (SSSR count). The number of rotatable bonds is 5. The maximum atomic E-state index is 12.5. The topological polar surface area (TPSA) is 102 Å². The second-order valence-electron chi connectivity index (χ2n) is 6.15. The van der Waals surface area contributed by atoms with Gasteiger partial charge in [-0.05, 0) is 43.8 Å². The molecule has 2 aromatic carbocycles. The van der Waals surface area contributed by atoms with Crippen molar-refractivity contribution in [2.75, 3.05) is 12.4 Å². The van der Waals surface area contributed by atoms with Gasteiger partial charge in [0, 0.05) is 12.7 Å². The number of hydrogen-bond donors (Lipinski definition) is 2. The third-order valence-corrected chi connectivity index (χ3v) is 5.94. The molecule has 2 N–H and O–H groups in total. The van der Waals surface area contributed by atoms with Gasteiger partial charge in [-0.15, -0.1) is 0 Å². The third-order valence-electron chi connectivity index (χ3n) is 4.38. The highest BCUT2D eigenvalue weighted by atomic mass is 32.2. The number of carbonyl (C=O) groups is 1. The van der Waals surface area contributed by atoms with E-state index in [0.717, 1.165) is 5.52 Å². The number of carbonyl (C=O) groups excluding carboxylic acids is 1. The summed E-state index contributed by atoms with van der Waals surface area (Å²) in [5.74, 6) is -0.426. The smallest absolute Gasteiger partial charge is 0.324 e. The second kappa shape index (κ2) is 7.01. The molecule has 0 aliphatic rings. The van der Waals surface area contributed by atoms with E-state index in [1.165, 1.54) is 22.2 Å². The number of benzene rings is 2. The fourth-order valence-corrected chi connectivity index (χ4v) is 3.93. The standard InChI is InChI=1S/C18H20N4O4S/c1-12-8-9-13(10-16(12)27(25,26)19-2)20-17(23)11-22-15-7-5-4-6-14(15)21(3)18(22)24/h4-10,19H,11H2,1-3H3,(H,20,23). The van der Waals surface area contributed by atoms with Gasteiger partial charge in [-0.1, -0.05) is 18.2 Å². The van der Waals surface area contributed by atoms with Crippen molar-refractivity contribution in [3.63, 3.8) is 0 Å². The van der Waals surface area contributed by atoms with Gasteiger partial charge in [0.25, 0.3) is 0 Å². The van der Waals surface area contributed by atoms with Crippen molar-refractivity contribution in [3.05, 3.63) is 58.5 Å². The van der Waals surface area contributed by atoms with Crippen LogP contribution in [0.4, 0.5) is 5.69 Å². The van der Waals surface area contributed by atoms with E-state index in [9.17, 15) is 18.0 Å². The highest BCUT2D eigenvalue weighted by Crippen LogP contribution is 2.20. The molecule has 0 aliphatic heterocycles. The van der Waals surface area contributed by atoms with Gasteiger partial charge in [-0.3, -0.25) is 13.9 Å². The lowest BCUT2D eigenvalue weighted by molar-refractivity contribution is -0.116. The minimum Gasteiger partial charge on any atom is -0.324 e. The van der Waals surface area contributed by atoms with Crippen LogP contribution in [0.1, 0.15) is 5.56 Å². The van der Waals surface area contributed by atoms with Crippen LogP contribution >= 0.6 is 0 Å². The van der Waals surface area contributed by atoms with E-state index in [1.54, 1.807) is 44.3 Å². The average molecular weight is 388 g/mol. The molecule has 0 saturated carbocycles. The average Bonchev–Trinajstić information content (AvgIpc) is 2.88. The van der Waals surface area contributed by atoms with E-state index in [-0.39, 0.29) is 17.1 Å². The summed E-state index contributed by atoms with van der Waals surface area (Å²) in [6, 6.07) is 11.8. The van der Waals surface area contributed by atoms with Gasteiger partial charge in [0.05, 0.1) is 15.9 Å². The predicted molar refractivity (Wildman–Crippen MR) is 103 cm³/mol. The molecule has 27 heavy (non-hydrogen) atoms. The van der Waals surface area contributed by atoms with Crippen LogP contribution < -0.4 is 15.7 Å². The summed E-state index contributed by atoms with van der Waals surface area (Å²) in [6.45, 7) is 1.49. The number of sulfonamides is 1. The van der Waals surface area contributed by atoms with Crippen molar-refractivity contribution in [3.8, 4) is 0 Å². The van der Waals surface area contributed by atoms with Crippen molar-refractivity contribution >= 4 is 32.7 Å². The zero-order valence-corrected chi connectivity index (χ0v) is 16.0. The largest absolute Gasteiger partial charge is 0.329 e. The predicted octanol–water partition coefficient (Wildman–Crippen LogP) is 1.20. The van der Waals surface area contributed by atoms with Gasteiger partial charge >= 0.3 is 5.69 Å². The van der Waals surface area contributed by atoms with Crippen LogP contribution in [0, 0.1) is 6.92 Å². The number of nitrogens with zero attached hydrogens (tertiary/aromatic N) is 2. The number of fused-ring (bicyclic) bond motifs is 1. The van der Waals surface area contributed by atoms with Gasteiger partial charge in [0.1, 0.15) is 6.54 Å². The van der Waals surface area contributed by atoms with Crippen LogP contribution in [0.15, 0.2) is 52.2 Å². The summed E-state index contributed by atoms with van der Waals surface area (Å²) < 4.78 is 29.3. The van der Waals surface area contributed by atoms with E-state index >= 15 is 0 Å². The summed E-state index contributed by atoms with van der Waals surface area (Å²) in [4.78, 5) is 24.9. The summed E-state index contributed by atoms with van der Waals surface area (Å²) in [7, 11) is -0.665. The number of nitrogens with one attached hydrogen (secondary N) is 2. The van der Waals surface area contributed by atoms with E-state index in [2.05, 4.69) is 10.0 Å². The van der Waals surface area contributed by atoms with E-state index in [4.69, 9.17) is 0 Å². The Kier molecular flexibility index (Phi) is 4.90. The minimum absolute atomic E-state index is 0.0881. The summed E-state index contributed by atoms with van der Waals surface area (Å²) in [5, 5.41) is 2.66. The van der Waals surface area contributed by atoms with Crippen LogP contribution in [-0.2, 0) is 28.4 Å². The molecule has 1 amide bonds. The molecular weight excluding hydrogens is 368 g/mol. The molecule has 0 atom stereocenters. The van der Waals surface area contributed by atoms with Crippen LogP contribution in [0.2, 0.25) is 0 Å². The Labute approximate surface area is 156 Å². The van der Waals surface area contributed by atoms with Crippen molar-refractivity contribution < 1.29 is 13.2 Å². The Bertz CT molecular complexity index is 1190. The molecule has 0 fully saturated rings. The van der Waals surface area contributed by atoms with Crippen molar-refractivity contribution in [2.45, 2.75) is 18.4 Å². The number of hydrogen-bond acceptors (Lipinski definition) is 4. The number of aromatic nitrogens is 2. The normalized spacial score (nSPS) is 11.7. The van der Waals surface area contributed by atoms with Crippen LogP contribution in [0.3, 0.4) is 0 Å². The lowest BCUT2D eigenvalue weighted by atomic mass is 10.2. The fraction of sp³-hybridized carbons (Fsp3) is 0.222. The number of amides is 1. The molecule has 3 aromatic rings. The molecule has 1 aromatic heterocycles. The first-order valence-electron chi connectivity index (χ1n) is 8.23. The van der Waals surface area contributed by atoms with Gasteiger partial charge in [-0.25, -0.2) is 17.9 Å². The van der Waals surface area contributed by atoms with Crippen LogP contribution in [-0.4, -0.2) is 30.5 Å². The first-order chi connectivity index (χ1) is 12.7. The van der Waals surface area contributed by atoms with Gasteiger partial charge in [0.2, 0.25) is 15.9 Å². The van der Waals surface area contributed by atoms with Gasteiger partial charge in [-0.2, -0.15) is 0 Å². The van der Waals surface area contributed by atoms with E-state index in [0.29, 0.717) is 16.8 Å². The number of aryl methyl sites for hydroxylation is 2. The number of anilines is 1. The van der Waals surface area contributed by atoms with Gasteiger partial charge in [0.15, 0.2) is 0 Å². The Hall–Kier alpha value is -2.91.